The maximum absolute atomic E-state index is 12.4. The smallest absolute Gasteiger partial charge is 0.250 e. The molecular formula is C27H21ClN6O2. The van der Waals surface area contributed by atoms with Gasteiger partial charge in [0.25, 0.3) is 5.56 Å². The number of nitriles is 1. The van der Waals surface area contributed by atoms with Crippen LogP contribution in [0.1, 0.15) is 22.4 Å². The van der Waals surface area contributed by atoms with E-state index in [1.54, 1.807) is 18.6 Å². The zero-order chi connectivity index (χ0) is 25.2. The largest absolute Gasteiger partial charge is 0.487 e. The summed E-state index contributed by atoms with van der Waals surface area (Å²) in [4.78, 5) is 21.3. The van der Waals surface area contributed by atoms with E-state index < -0.39 is 0 Å². The summed E-state index contributed by atoms with van der Waals surface area (Å²) in [7, 11) is 1.90. The van der Waals surface area contributed by atoms with Crippen LogP contribution in [0.3, 0.4) is 0 Å². The maximum Gasteiger partial charge on any atom is 0.250 e. The number of pyridine rings is 3. The Morgan fingerprint density at radius 2 is 2.03 bits per heavy atom. The lowest BCUT2D eigenvalue weighted by molar-refractivity contribution is 0.307. The van der Waals surface area contributed by atoms with Gasteiger partial charge in [-0.1, -0.05) is 23.7 Å². The van der Waals surface area contributed by atoms with Crippen molar-refractivity contribution in [1.82, 2.24) is 24.3 Å². The Kier molecular flexibility index (Phi) is 6.23. The zero-order valence-electron chi connectivity index (χ0n) is 19.6. The summed E-state index contributed by atoms with van der Waals surface area (Å²) in [5.41, 5.74) is 5.18. The molecule has 5 rings (SSSR count). The molecule has 0 saturated carbocycles. The first-order chi connectivity index (χ1) is 17.4. The normalized spacial score (nSPS) is 10.9. The van der Waals surface area contributed by atoms with Crippen LogP contribution in [0.15, 0.2) is 72.0 Å². The molecule has 0 aliphatic rings. The summed E-state index contributed by atoms with van der Waals surface area (Å²) in [5.74, 6) is 0.613. The van der Waals surface area contributed by atoms with Crippen LogP contribution in [0.25, 0.3) is 22.2 Å². The number of rotatable bonds is 6. The highest BCUT2D eigenvalue weighted by atomic mass is 35.5. The molecule has 0 N–H and O–H groups in total. The Morgan fingerprint density at radius 1 is 1.17 bits per heavy atom. The Morgan fingerprint density at radius 3 is 2.81 bits per heavy atom. The van der Waals surface area contributed by atoms with Gasteiger partial charge in [0.2, 0.25) is 0 Å². The average molecular weight is 497 g/mol. The number of ether oxygens (including phenoxy) is 1. The van der Waals surface area contributed by atoms with Crippen molar-refractivity contribution in [2.45, 2.75) is 20.1 Å². The molecule has 0 atom stereocenters. The molecule has 4 heterocycles. The lowest BCUT2D eigenvalue weighted by Gasteiger charge is -2.15. The van der Waals surface area contributed by atoms with Crippen LogP contribution >= 0.6 is 11.6 Å². The third-order valence-electron chi connectivity index (χ3n) is 5.95. The molecule has 0 fully saturated rings. The van der Waals surface area contributed by atoms with Gasteiger partial charge in [0, 0.05) is 60.1 Å². The second-order valence-corrected chi connectivity index (χ2v) is 8.75. The third-order valence-corrected chi connectivity index (χ3v) is 6.27. The van der Waals surface area contributed by atoms with E-state index in [1.807, 2.05) is 49.0 Å². The minimum atomic E-state index is -0.225. The first-order valence-electron chi connectivity index (χ1n) is 11.2. The molecule has 0 aliphatic heterocycles. The molecule has 5 aromatic rings. The van der Waals surface area contributed by atoms with Crippen LogP contribution in [-0.2, 0) is 20.2 Å². The summed E-state index contributed by atoms with van der Waals surface area (Å²) in [6.45, 7) is 2.30. The van der Waals surface area contributed by atoms with Crippen LogP contribution in [-0.4, -0.2) is 24.3 Å². The van der Waals surface area contributed by atoms with Gasteiger partial charge in [-0.25, -0.2) is 4.98 Å². The zero-order valence-corrected chi connectivity index (χ0v) is 20.4. The average Bonchev–Trinajstić information content (AvgIpc) is 3.30. The number of nitrogens with zero attached hydrogens (tertiary/aromatic N) is 6. The molecule has 4 aromatic heterocycles. The molecule has 36 heavy (non-hydrogen) atoms. The lowest BCUT2D eigenvalue weighted by Crippen LogP contribution is -2.20. The van der Waals surface area contributed by atoms with Crippen molar-refractivity contribution in [3.05, 3.63) is 105 Å². The van der Waals surface area contributed by atoms with Gasteiger partial charge in [0.05, 0.1) is 22.8 Å². The van der Waals surface area contributed by atoms with Gasteiger partial charge in [-0.15, -0.1) is 0 Å². The van der Waals surface area contributed by atoms with Crippen LogP contribution in [0, 0.1) is 18.3 Å². The fourth-order valence-electron chi connectivity index (χ4n) is 4.17. The van der Waals surface area contributed by atoms with E-state index in [4.69, 9.17) is 21.3 Å². The number of fused-ring (bicyclic) bond motifs is 1. The molecule has 0 unspecified atom stereocenters. The number of halogens is 1. The van der Waals surface area contributed by atoms with Gasteiger partial charge in [0.1, 0.15) is 23.9 Å². The molecule has 178 valence electrons. The summed E-state index contributed by atoms with van der Waals surface area (Å²) >= 11 is 6.51. The monoisotopic (exact) mass is 496 g/mol. The predicted molar refractivity (Wildman–Crippen MR) is 137 cm³/mol. The number of aromatic nitrogens is 5. The minimum absolute atomic E-state index is 0.152. The first kappa shape index (κ1) is 23.3. The summed E-state index contributed by atoms with van der Waals surface area (Å²) in [6, 6.07) is 14.7. The molecular weight excluding hydrogens is 476 g/mol. The van der Waals surface area contributed by atoms with Crippen molar-refractivity contribution in [2.75, 3.05) is 0 Å². The Bertz CT molecular complexity index is 1700. The third kappa shape index (κ3) is 4.44. The number of hydrogen-bond donors (Lipinski definition) is 0. The summed E-state index contributed by atoms with van der Waals surface area (Å²) in [6.07, 6.45) is 6.49. The van der Waals surface area contributed by atoms with Crippen molar-refractivity contribution in [1.29, 1.82) is 5.26 Å². The van der Waals surface area contributed by atoms with E-state index in [1.165, 1.54) is 22.9 Å². The molecule has 0 bridgehead atoms. The van der Waals surface area contributed by atoms with Gasteiger partial charge in [-0.3, -0.25) is 14.5 Å². The predicted octanol–water partition coefficient (Wildman–Crippen LogP) is 4.65. The van der Waals surface area contributed by atoms with E-state index in [0.29, 0.717) is 21.9 Å². The molecule has 8 nitrogen and oxygen atoms in total. The quantitative estimate of drug-likeness (QED) is 0.339. The maximum atomic E-state index is 12.4. The second-order valence-electron chi connectivity index (χ2n) is 8.35. The SMILES string of the molecule is Cc1cc(-c2ccnn2C)c2cccc(OCc3c(Cl)cncc3Cn3cc(C#N)ccc3=O)c2n1. The van der Waals surface area contributed by atoms with Crippen molar-refractivity contribution in [3.63, 3.8) is 0 Å². The number of aryl methyl sites for hydroxylation is 2. The first-order valence-corrected chi connectivity index (χ1v) is 11.6. The molecule has 9 heteroatoms. The van der Waals surface area contributed by atoms with Crippen molar-refractivity contribution >= 4 is 22.5 Å². The molecule has 0 spiro atoms. The van der Waals surface area contributed by atoms with E-state index in [9.17, 15) is 10.1 Å². The Balaban J connectivity index is 1.51. The van der Waals surface area contributed by atoms with Gasteiger partial charge < -0.3 is 9.30 Å². The Hall–Kier alpha value is -4.48. The number of hydrogen-bond acceptors (Lipinski definition) is 6. The van der Waals surface area contributed by atoms with Crippen molar-refractivity contribution < 1.29 is 4.74 Å². The Labute approximate surface area is 212 Å². The molecule has 1 aromatic carbocycles. The second kappa shape index (κ2) is 9.64. The van der Waals surface area contributed by atoms with Gasteiger partial charge in [-0.05, 0) is 36.8 Å². The lowest BCUT2D eigenvalue weighted by atomic mass is 10.0. The summed E-state index contributed by atoms with van der Waals surface area (Å²) in [5, 5.41) is 14.9. The molecule has 0 amide bonds. The van der Waals surface area contributed by atoms with Gasteiger partial charge in [-0.2, -0.15) is 10.4 Å². The van der Waals surface area contributed by atoms with Gasteiger partial charge >= 0.3 is 0 Å². The van der Waals surface area contributed by atoms with E-state index in [-0.39, 0.29) is 18.7 Å². The van der Waals surface area contributed by atoms with E-state index in [2.05, 4.69) is 16.2 Å². The molecule has 0 saturated heterocycles. The minimum Gasteiger partial charge on any atom is -0.487 e. The molecule has 0 radical (unpaired) electrons. The standard InChI is InChI=1S/C27H21ClN6O2/c1-17-10-21(24-8-9-31-33(24)2)20-4-3-5-25(27(20)32-17)36-16-22-19(12-30-13-23(22)28)15-34-14-18(11-29)6-7-26(34)35/h3-10,12-14H,15-16H2,1-2H3. The number of benzene rings is 1. The topological polar surface area (TPSA) is 98.6 Å². The fourth-order valence-corrected chi connectivity index (χ4v) is 4.40. The van der Waals surface area contributed by atoms with Crippen LogP contribution in [0.4, 0.5) is 0 Å². The van der Waals surface area contributed by atoms with Crippen molar-refractivity contribution in [3.8, 4) is 23.1 Å². The van der Waals surface area contributed by atoms with Crippen LogP contribution in [0.5, 0.6) is 5.75 Å². The fraction of sp³-hybridized carbons (Fsp3) is 0.148. The highest BCUT2D eigenvalue weighted by molar-refractivity contribution is 6.31. The highest BCUT2D eigenvalue weighted by Crippen LogP contribution is 2.33. The van der Waals surface area contributed by atoms with Crippen LogP contribution in [0.2, 0.25) is 5.02 Å². The van der Waals surface area contributed by atoms with Gasteiger partial charge in [0.15, 0.2) is 0 Å². The van der Waals surface area contributed by atoms with Crippen LogP contribution < -0.4 is 10.3 Å². The van der Waals surface area contributed by atoms with Crippen molar-refractivity contribution in [2.24, 2.45) is 7.05 Å². The number of para-hydroxylation sites is 1. The highest BCUT2D eigenvalue weighted by Gasteiger charge is 2.15. The molecule has 0 aliphatic carbocycles. The van der Waals surface area contributed by atoms with E-state index in [0.717, 1.165) is 33.4 Å². The van der Waals surface area contributed by atoms with E-state index >= 15 is 0 Å². The summed E-state index contributed by atoms with van der Waals surface area (Å²) < 4.78 is 9.54.